The standard InChI is InChI=1S/C19H18FNO2/c20-18-12-16(21(22)23)10-11-17(18)19(13-4-2-1-3-5-13)14-6-7-15(19)9-8-14/h1-5,10-12,14-15H,6-9H2. The van der Waals surface area contributed by atoms with Gasteiger partial charge >= 0.3 is 0 Å². The van der Waals surface area contributed by atoms with Crippen LogP contribution in [0, 0.1) is 27.8 Å². The molecule has 0 spiro atoms. The molecule has 118 valence electrons. The molecule has 0 aromatic heterocycles. The molecule has 0 saturated heterocycles. The SMILES string of the molecule is O=[N+]([O-])c1ccc(C2(c3ccccc3)C3CCC2CC3)c(F)c1. The monoisotopic (exact) mass is 311 g/mol. The lowest BCUT2D eigenvalue weighted by molar-refractivity contribution is -0.385. The Balaban J connectivity index is 1.93. The molecule has 4 heteroatoms. The summed E-state index contributed by atoms with van der Waals surface area (Å²) in [6.07, 6.45) is 4.43. The summed E-state index contributed by atoms with van der Waals surface area (Å²) in [7, 11) is 0. The zero-order chi connectivity index (χ0) is 16.0. The van der Waals surface area contributed by atoms with E-state index in [9.17, 15) is 14.5 Å². The highest BCUT2D eigenvalue weighted by atomic mass is 19.1. The lowest BCUT2D eigenvalue weighted by Gasteiger charge is -2.36. The second kappa shape index (κ2) is 5.15. The van der Waals surface area contributed by atoms with Crippen molar-refractivity contribution in [2.45, 2.75) is 31.1 Å². The minimum atomic E-state index is -0.536. The zero-order valence-electron chi connectivity index (χ0n) is 12.7. The van der Waals surface area contributed by atoms with Gasteiger partial charge in [-0.3, -0.25) is 10.1 Å². The van der Waals surface area contributed by atoms with Gasteiger partial charge in [-0.05, 0) is 54.7 Å². The first kappa shape index (κ1) is 14.4. The Morgan fingerprint density at radius 2 is 1.61 bits per heavy atom. The van der Waals surface area contributed by atoms with E-state index < -0.39 is 10.7 Å². The number of fused-ring (bicyclic) bond motifs is 2. The lowest BCUT2D eigenvalue weighted by Crippen LogP contribution is -2.34. The van der Waals surface area contributed by atoms with Crippen LogP contribution in [-0.4, -0.2) is 4.92 Å². The largest absolute Gasteiger partial charge is 0.272 e. The van der Waals surface area contributed by atoms with Crippen molar-refractivity contribution in [3.05, 3.63) is 75.6 Å². The molecule has 0 amide bonds. The molecule has 23 heavy (non-hydrogen) atoms. The van der Waals surface area contributed by atoms with Crippen LogP contribution in [0.25, 0.3) is 0 Å². The van der Waals surface area contributed by atoms with E-state index in [1.807, 2.05) is 18.2 Å². The Labute approximate surface area is 134 Å². The number of non-ortho nitro benzene ring substituents is 1. The molecular formula is C19H18FNO2. The molecule has 2 aliphatic rings. The van der Waals surface area contributed by atoms with E-state index >= 15 is 0 Å². The molecule has 0 N–H and O–H groups in total. The molecule has 0 unspecified atom stereocenters. The maximum atomic E-state index is 14.9. The fraction of sp³-hybridized carbons (Fsp3) is 0.368. The summed E-state index contributed by atoms with van der Waals surface area (Å²) in [6.45, 7) is 0. The topological polar surface area (TPSA) is 43.1 Å². The predicted molar refractivity (Wildman–Crippen MR) is 85.7 cm³/mol. The fourth-order valence-electron chi connectivity index (χ4n) is 5.07. The number of hydrogen-bond acceptors (Lipinski definition) is 2. The minimum absolute atomic E-state index is 0.181. The molecule has 2 aliphatic carbocycles. The summed E-state index contributed by atoms with van der Waals surface area (Å²) < 4.78 is 14.9. The van der Waals surface area contributed by atoms with Crippen LogP contribution in [0.3, 0.4) is 0 Å². The summed E-state index contributed by atoms with van der Waals surface area (Å²) in [5.41, 5.74) is 1.29. The highest BCUT2D eigenvalue weighted by Gasteiger charge is 2.57. The number of nitro benzene ring substituents is 1. The number of benzene rings is 2. The number of rotatable bonds is 3. The van der Waals surface area contributed by atoms with Crippen LogP contribution in [0.4, 0.5) is 10.1 Å². The van der Waals surface area contributed by atoms with Crippen LogP contribution < -0.4 is 0 Å². The van der Waals surface area contributed by atoms with Gasteiger partial charge in [0, 0.05) is 11.5 Å². The second-order valence-electron chi connectivity index (χ2n) is 6.70. The van der Waals surface area contributed by atoms with Crippen LogP contribution in [0.5, 0.6) is 0 Å². The highest BCUT2D eigenvalue weighted by Crippen LogP contribution is 2.62. The third-order valence-electron chi connectivity index (χ3n) is 5.88. The molecule has 2 aromatic rings. The molecule has 0 radical (unpaired) electrons. The first-order valence-electron chi connectivity index (χ1n) is 8.14. The second-order valence-corrected chi connectivity index (χ2v) is 6.70. The molecular weight excluding hydrogens is 293 g/mol. The van der Waals surface area contributed by atoms with Gasteiger partial charge in [-0.25, -0.2) is 4.39 Å². The maximum Gasteiger partial charge on any atom is 0.272 e. The molecule has 0 heterocycles. The van der Waals surface area contributed by atoms with Crippen molar-refractivity contribution in [3.63, 3.8) is 0 Å². The number of nitro groups is 1. The number of hydrogen-bond donors (Lipinski definition) is 0. The van der Waals surface area contributed by atoms with Gasteiger partial charge in [0.1, 0.15) is 5.82 Å². The Morgan fingerprint density at radius 1 is 1.00 bits per heavy atom. The molecule has 2 saturated carbocycles. The van der Waals surface area contributed by atoms with Gasteiger partial charge in [-0.1, -0.05) is 30.3 Å². The minimum Gasteiger partial charge on any atom is -0.258 e. The number of nitrogens with zero attached hydrogens (tertiary/aromatic N) is 1. The summed E-state index contributed by atoms with van der Waals surface area (Å²) in [6, 6.07) is 14.3. The van der Waals surface area contributed by atoms with Crippen LogP contribution >= 0.6 is 0 Å². The Bertz CT molecular complexity index is 739. The summed E-state index contributed by atoms with van der Waals surface area (Å²) >= 11 is 0. The fourth-order valence-corrected chi connectivity index (χ4v) is 5.07. The van der Waals surface area contributed by atoms with Crippen molar-refractivity contribution >= 4 is 5.69 Å². The quantitative estimate of drug-likeness (QED) is 0.601. The summed E-state index contributed by atoms with van der Waals surface area (Å²) in [5, 5.41) is 10.9. The molecule has 0 atom stereocenters. The normalized spacial score (nSPS) is 28.9. The van der Waals surface area contributed by atoms with Crippen molar-refractivity contribution in [1.82, 2.24) is 0 Å². The molecule has 2 fully saturated rings. The van der Waals surface area contributed by atoms with E-state index in [1.54, 1.807) is 6.07 Å². The Morgan fingerprint density at radius 3 is 2.13 bits per heavy atom. The molecule has 2 aromatic carbocycles. The van der Waals surface area contributed by atoms with E-state index in [-0.39, 0.29) is 11.1 Å². The third kappa shape index (κ3) is 1.94. The molecule has 4 rings (SSSR count). The van der Waals surface area contributed by atoms with Gasteiger partial charge in [-0.15, -0.1) is 0 Å². The number of halogens is 1. The van der Waals surface area contributed by atoms with E-state index in [2.05, 4.69) is 12.1 Å². The van der Waals surface area contributed by atoms with E-state index in [0.29, 0.717) is 17.4 Å². The van der Waals surface area contributed by atoms with Crippen molar-refractivity contribution in [2.24, 2.45) is 11.8 Å². The van der Waals surface area contributed by atoms with Crippen LogP contribution in [0.15, 0.2) is 48.5 Å². The Kier molecular flexibility index (Phi) is 3.22. The van der Waals surface area contributed by atoms with E-state index in [0.717, 1.165) is 37.3 Å². The predicted octanol–water partition coefficient (Wildman–Crippen LogP) is 4.84. The van der Waals surface area contributed by atoms with Gasteiger partial charge in [0.2, 0.25) is 0 Å². The smallest absolute Gasteiger partial charge is 0.258 e. The molecule has 2 bridgehead atoms. The summed E-state index contributed by atoms with van der Waals surface area (Å²) in [5.74, 6) is 0.401. The third-order valence-corrected chi connectivity index (χ3v) is 5.88. The van der Waals surface area contributed by atoms with Gasteiger partial charge in [0.15, 0.2) is 0 Å². The molecule has 0 aliphatic heterocycles. The average molecular weight is 311 g/mol. The van der Waals surface area contributed by atoms with Gasteiger partial charge in [0.05, 0.1) is 11.0 Å². The Hall–Kier alpha value is -2.23. The molecule has 3 nitrogen and oxygen atoms in total. The van der Waals surface area contributed by atoms with Crippen LogP contribution in [0.1, 0.15) is 36.8 Å². The van der Waals surface area contributed by atoms with Gasteiger partial charge in [-0.2, -0.15) is 0 Å². The van der Waals surface area contributed by atoms with Crippen LogP contribution in [0.2, 0.25) is 0 Å². The van der Waals surface area contributed by atoms with Gasteiger partial charge < -0.3 is 0 Å². The van der Waals surface area contributed by atoms with Gasteiger partial charge in [0.25, 0.3) is 5.69 Å². The van der Waals surface area contributed by atoms with Crippen molar-refractivity contribution in [3.8, 4) is 0 Å². The van der Waals surface area contributed by atoms with E-state index in [4.69, 9.17) is 0 Å². The first-order valence-corrected chi connectivity index (χ1v) is 8.14. The van der Waals surface area contributed by atoms with Crippen molar-refractivity contribution < 1.29 is 9.31 Å². The maximum absolute atomic E-state index is 14.9. The first-order chi connectivity index (χ1) is 11.1. The van der Waals surface area contributed by atoms with Crippen molar-refractivity contribution in [2.75, 3.05) is 0 Å². The van der Waals surface area contributed by atoms with Crippen LogP contribution in [-0.2, 0) is 5.41 Å². The highest BCUT2D eigenvalue weighted by molar-refractivity contribution is 5.48. The van der Waals surface area contributed by atoms with Crippen molar-refractivity contribution in [1.29, 1.82) is 0 Å². The summed E-state index contributed by atoms with van der Waals surface area (Å²) in [4.78, 5) is 10.4. The van der Waals surface area contributed by atoms with E-state index in [1.165, 1.54) is 6.07 Å². The lowest BCUT2D eigenvalue weighted by atomic mass is 9.66. The zero-order valence-corrected chi connectivity index (χ0v) is 12.7. The average Bonchev–Trinajstić information content (AvgIpc) is 3.11.